The van der Waals surface area contributed by atoms with Gasteiger partial charge in [-0.05, 0) is 38.6 Å². The Morgan fingerprint density at radius 3 is 1.35 bits per heavy atom. The fourth-order valence-corrected chi connectivity index (χ4v) is 3.30. The maximum absolute atomic E-state index is 10.2. The number of nitrogens with zero attached hydrogens (tertiary/aromatic N) is 1. The topological polar surface area (TPSA) is 35.1 Å². The molecular formula is C20H44N2O. The molecule has 0 bridgehead atoms. The van der Waals surface area contributed by atoms with Gasteiger partial charge in [0.15, 0.2) is 0 Å². The molecule has 0 aliphatic carbocycles. The van der Waals surface area contributed by atoms with E-state index >= 15 is 0 Å². The van der Waals surface area contributed by atoms with E-state index in [9.17, 15) is 5.11 Å². The molecule has 3 nitrogen and oxygen atoms in total. The van der Waals surface area contributed by atoms with Crippen LogP contribution in [0.25, 0.3) is 0 Å². The second kappa shape index (κ2) is 15.4. The van der Waals surface area contributed by atoms with Crippen LogP contribution in [0.4, 0.5) is 0 Å². The lowest BCUT2D eigenvalue weighted by Crippen LogP contribution is -2.50. The summed E-state index contributed by atoms with van der Waals surface area (Å²) in [6.45, 7) is 15.9. The van der Waals surface area contributed by atoms with Crippen molar-refractivity contribution in [2.45, 2.75) is 98.1 Å². The third kappa shape index (κ3) is 12.0. The van der Waals surface area contributed by atoms with Crippen LogP contribution in [0.1, 0.15) is 91.9 Å². The van der Waals surface area contributed by atoms with Crippen molar-refractivity contribution in [2.75, 3.05) is 32.7 Å². The van der Waals surface area contributed by atoms with E-state index in [1.165, 1.54) is 82.0 Å². The molecule has 3 heteroatoms. The largest absolute Gasteiger partial charge is 0.841 e. The van der Waals surface area contributed by atoms with E-state index in [1.807, 2.05) is 0 Å². The van der Waals surface area contributed by atoms with Crippen molar-refractivity contribution in [1.29, 1.82) is 0 Å². The molecule has 0 spiro atoms. The SMILES string of the molecule is CCCC[N+](CCCC)(CCCC)CCCC.[O-]C1CCCN1. The summed E-state index contributed by atoms with van der Waals surface area (Å²) in [7, 11) is 0. The zero-order chi connectivity index (χ0) is 17.4. The Morgan fingerprint density at radius 2 is 1.17 bits per heavy atom. The summed E-state index contributed by atoms with van der Waals surface area (Å²) in [6.07, 6.45) is 12.5. The van der Waals surface area contributed by atoms with E-state index in [-0.39, 0.29) is 0 Å². The smallest absolute Gasteiger partial charge is 0.0786 e. The summed E-state index contributed by atoms with van der Waals surface area (Å²) >= 11 is 0. The Morgan fingerprint density at radius 1 is 0.783 bits per heavy atom. The number of hydrogen-bond acceptors (Lipinski definition) is 2. The van der Waals surface area contributed by atoms with Crippen LogP contribution in [0.5, 0.6) is 0 Å². The Hall–Kier alpha value is -0.120. The lowest BCUT2D eigenvalue weighted by Gasteiger charge is -2.39. The van der Waals surface area contributed by atoms with Crippen LogP contribution >= 0.6 is 0 Å². The lowest BCUT2D eigenvalue weighted by atomic mass is 10.1. The van der Waals surface area contributed by atoms with Crippen molar-refractivity contribution in [3.63, 3.8) is 0 Å². The summed E-state index contributed by atoms with van der Waals surface area (Å²) in [4.78, 5) is 0. The second-order valence-electron chi connectivity index (χ2n) is 7.24. The fourth-order valence-electron chi connectivity index (χ4n) is 3.30. The molecule has 0 aromatic heterocycles. The molecule has 1 N–H and O–H groups in total. The molecule has 1 aliphatic heterocycles. The number of nitrogens with one attached hydrogen (secondary N) is 1. The summed E-state index contributed by atoms with van der Waals surface area (Å²) in [6, 6.07) is 0. The third-order valence-corrected chi connectivity index (χ3v) is 4.96. The molecule has 0 aromatic carbocycles. The van der Waals surface area contributed by atoms with Gasteiger partial charge in [-0.15, -0.1) is 0 Å². The molecule has 1 rings (SSSR count). The van der Waals surface area contributed by atoms with E-state index in [2.05, 4.69) is 33.0 Å². The molecule has 1 heterocycles. The van der Waals surface area contributed by atoms with Gasteiger partial charge in [0.05, 0.1) is 26.2 Å². The van der Waals surface area contributed by atoms with Crippen molar-refractivity contribution >= 4 is 0 Å². The van der Waals surface area contributed by atoms with Gasteiger partial charge in [-0.25, -0.2) is 0 Å². The number of quaternary nitrogens is 1. The fraction of sp³-hybridized carbons (Fsp3) is 1.00. The normalized spacial score (nSPS) is 17.9. The summed E-state index contributed by atoms with van der Waals surface area (Å²) in [5.41, 5.74) is 0. The van der Waals surface area contributed by atoms with E-state index in [0.29, 0.717) is 0 Å². The van der Waals surface area contributed by atoms with E-state index in [4.69, 9.17) is 0 Å². The predicted molar refractivity (Wildman–Crippen MR) is 100 cm³/mol. The van der Waals surface area contributed by atoms with E-state index < -0.39 is 6.23 Å². The minimum atomic E-state index is -0.454. The molecule has 0 amide bonds. The van der Waals surface area contributed by atoms with Crippen LogP contribution in [0.2, 0.25) is 0 Å². The van der Waals surface area contributed by atoms with Crippen molar-refractivity contribution in [3.8, 4) is 0 Å². The Kier molecular flexibility index (Phi) is 15.3. The van der Waals surface area contributed by atoms with Gasteiger partial charge in [-0.1, -0.05) is 66.0 Å². The first-order valence-corrected chi connectivity index (χ1v) is 10.4. The maximum Gasteiger partial charge on any atom is 0.0786 e. The monoisotopic (exact) mass is 328 g/mol. The molecule has 0 radical (unpaired) electrons. The van der Waals surface area contributed by atoms with Gasteiger partial charge < -0.3 is 14.9 Å². The molecule has 140 valence electrons. The average molecular weight is 329 g/mol. The standard InChI is InChI=1S/C16H36N.C4H8NO/c1-5-9-13-17(14-10-6-2,15-11-7-3)16-12-8-4;6-4-2-1-3-5-4/h5-16H2,1-4H3;4-5H,1-3H2/q+1;-1. The number of rotatable bonds is 12. The first kappa shape index (κ1) is 22.9. The molecular weight excluding hydrogens is 284 g/mol. The van der Waals surface area contributed by atoms with E-state index in [1.54, 1.807) is 0 Å². The summed E-state index contributed by atoms with van der Waals surface area (Å²) in [5.74, 6) is 0. The molecule has 0 aromatic rings. The Bertz CT molecular complexity index is 202. The van der Waals surface area contributed by atoms with Crippen molar-refractivity contribution in [2.24, 2.45) is 0 Å². The zero-order valence-corrected chi connectivity index (χ0v) is 16.5. The van der Waals surface area contributed by atoms with Gasteiger partial charge in [0.1, 0.15) is 0 Å². The van der Waals surface area contributed by atoms with Gasteiger partial charge in [0, 0.05) is 0 Å². The third-order valence-electron chi connectivity index (χ3n) is 4.96. The van der Waals surface area contributed by atoms with Crippen molar-refractivity contribution < 1.29 is 9.59 Å². The Labute approximate surface area is 146 Å². The zero-order valence-electron chi connectivity index (χ0n) is 16.5. The molecule has 1 fully saturated rings. The molecule has 1 unspecified atom stereocenters. The lowest BCUT2D eigenvalue weighted by molar-refractivity contribution is -0.929. The summed E-state index contributed by atoms with van der Waals surface area (Å²) < 4.78 is 1.42. The van der Waals surface area contributed by atoms with Crippen molar-refractivity contribution in [1.82, 2.24) is 5.32 Å². The molecule has 0 saturated carbocycles. The van der Waals surface area contributed by atoms with Gasteiger partial charge in [-0.2, -0.15) is 0 Å². The van der Waals surface area contributed by atoms with Gasteiger partial charge in [-0.3, -0.25) is 0 Å². The highest BCUT2D eigenvalue weighted by Gasteiger charge is 2.24. The van der Waals surface area contributed by atoms with Crippen LogP contribution < -0.4 is 10.4 Å². The van der Waals surface area contributed by atoms with E-state index in [0.717, 1.165) is 19.4 Å². The highest BCUT2D eigenvalue weighted by atomic mass is 16.3. The van der Waals surface area contributed by atoms with Crippen LogP contribution in [-0.4, -0.2) is 43.4 Å². The Balaban J connectivity index is 0.000000664. The molecule has 1 saturated heterocycles. The van der Waals surface area contributed by atoms with Crippen LogP contribution in [0.15, 0.2) is 0 Å². The molecule has 1 aliphatic rings. The number of hydrogen-bond donors (Lipinski definition) is 1. The number of unbranched alkanes of at least 4 members (excludes halogenated alkanes) is 4. The highest BCUT2D eigenvalue weighted by molar-refractivity contribution is 4.60. The predicted octanol–water partition coefficient (Wildman–Crippen LogP) is 4.06. The first-order valence-electron chi connectivity index (χ1n) is 10.4. The van der Waals surface area contributed by atoms with Crippen molar-refractivity contribution in [3.05, 3.63) is 0 Å². The quantitative estimate of drug-likeness (QED) is 0.548. The minimum Gasteiger partial charge on any atom is -0.841 e. The second-order valence-corrected chi connectivity index (χ2v) is 7.24. The van der Waals surface area contributed by atoms with Crippen LogP contribution in [0, 0.1) is 0 Å². The van der Waals surface area contributed by atoms with Crippen LogP contribution in [-0.2, 0) is 0 Å². The minimum absolute atomic E-state index is 0.454. The van der Waals surface area contributed by atoms with Gasteiger partial charge >= 0.3 is 0 Å². The van der Waals surface area contributed by atoms with Crippen LogP contribution in [0.3, 0.4) is 0 Å². The maximum atomic E-state index is 10.2. The van der Waals surface area contributed by atoms with Gasteiger partial charge in [0.2, 0.25) is 0 Å². The molecule has 23 heavy (non-hydrogen) atoms. The average Bonchev–Trinajstić information content (AvgIpc) is 3.05. The van der Waals surface area contributed by atoms with Gasteiger partial charge in [0.25, 0.3) is 0 Å². The highest BCUT2D eigenvalue weighted by Crippen LogP contribution is 2.16. The summed E-state index contributed by atoms with van der Waals surface area (Å²) in [5, 5.41) is 13.0. The molecule has 1 atom stereocenters. The first-order chi connectivity index (χ1) is 11.1.